The average Bonchev–Trinajstić information content (AvgIpc) is 3.17. The third kappa shape index (κ3) is 5.32. The van der Waals surface area contributed by atoms with Gasteiger partial charge < -0.3 is 15.4 Å². The van der Waals surface area contributed by atoms with Crippen molar-refractivity contribution in [3.05, 3.63) is 71.4 Å². The largest absolute Gasteiger partial charge is 0.478 e. The second kappa shape index (κ2) is 10.4. The third-order valence-electron chi connectivity index (χ3n) is 5.70. The first-order valence-electron chi connectivity index (χ1n) is 11.6. The summed E-state index contributed by atoms with van der Waals surface area (Å²) < 4.78 is 7.74. The van der Waals surface area contributed by atoms with Crippen molar-refractivity contribution in [2.45, 2.75) is 40.5 Å². The summed E-state index contributed by atoms with van der Waals surface area (Å²) in [5.74, 6) is 0.273. The predicted octanol–water partition coefficient (Wildman–Crippen LogP) is 4.97. The molecule has 2 heterocycles. The van der Waals surface area contributed by atoms with Crippen molar-refractivity contribution < 1.29 is 14.3 Å². The van der Waals surface area contributed by atoms with Gasteiger partial charge in [-0.15, -0.1) is 0 Å². The lowest BCUT2D eigenvalue weighted by molar-refractivity contribution is -0.116. The summed E-state index contributed by atoms with van der Waals surface area (Å²) in [5.41, 5.74) is 5.81. The minimum Gasteiger partial charge on any atom is -0.478 e. The minimum absolute atomic E-state index is 0.115. The standard InChI is InChI=1S/C27H29N5O3/c1-5-35-27-23(15-16-24(34)29-21-13-11-20(12-14-21)28-19(4)33)17(2)25-18(3)31-32(26(25)30-27)22-9-7-6-8-10-22/h6-14H,5,15-16H2,1-4H3,(H,28,33)(H,29,34). The van der Waals surface area contributed by atoms with Gasteiger partial charge in [-0.3, -0.25) is 9.59 Å². The number of pyridine rings is 1. The first kappa shape index (κ1) is 23.9. The molecular weight excluding hydrogens is 442 g/mol. The molecule has 0 fully saturated rings. The third-order valence-corrected chi connectivity index (χ3v) is 5.70. The van der Waals surface area contributed by atoms with E-state index in [2.05, 4.69) is 10.6 Å². The zero-order valence-electron chi connectivity index (χ0n) is 20.4. The van der Waals surface area contributed by atoms with Crippen LogP contribution in [0.15, 0.2) is 54.6 Å². The molecule has 8 heteroatoms. The highest BCUT2D eigenvalue weighted by Gasteiger charge is 2.20. The fourth-order valence-electron chi connectivity index (χ4n) is 4.13. The highest BCUT2D eigenvalue weighted by molar-refractivity contribution is 5.92. The van der Waals surface area contributed by atoms with Gasteiger partial charge in [0.2, 0.25) is 17.7 Å². The highest BCUT2D eigenvalue weighted by Crippen LogP contribution is 2.32. The molecule has 2 aromatic heterocycles. The van der Waals surface area contributed by atoms with Crippen LogP contribution in [0.4, 0.5) is 11.4 Å². The maximum absolute atomic E-state index is 12.7. The molecule has 2 amide bonds. The quantitative estimate of drug-likeness (QED) is 0.378. The van der Waals surface area contributed by atoms with Gasteiger partial charge in [0.05, 0.1) is 18.0 Å². The molecule has 0 radical (unpaired) electrons. The molecule has 8 nitrogen and oxygen atoms in total. The number of para-hydroxylation sites is 1. The Bertz CT molecular complexity index is 1360. The number of hydrogen-bond acceptors (Lipinski definition) is 5. The molecule has 4 aromatic rings. The Morgan fingerprint density at radius 2 is 1.63 bits per heavy atom. The van der Waals surface area contributed by atoms with E-state index in [-0.39, 0.29) is 18.2 Å². The van der Waals surface area contributed by atoms with Crippen LogP contribution in [0.2, 0.25) is 0 Å². The molecule has 35 heavy (non-hydrogen) atoms. The van der Waals surface area contributed by atoms with E-state index in [1.54, 1.807) is 24.3 Å². The van der Waals surface area contributed by atoms with Crippen molar-refractivity contribution >= 4 is 34.2 Å². The molecule has 0 aliphatic rings. The van der Waals surface area contributed by atoms with Crippen LogP contribution in [0.3, 0.4) is 0 Å². The molecule has 180 valence electrons. The Balaban J connectivity index is 1.57. The van der Waals surface area contributed by atoms with Crippen LogP contribution in [-0.4, -0.2) is 33.2 Å². The van der Waals surface area contributed by atoms with Crippen LogP contribution < -0.4 is 15.4 Å². The number of benzene rings is 2. The van der Waals surface area contributed by atoms with Crippen LogP contribution in [-0.2, 0) is 16.0 Å². The summed E-state index contributed by atoms with van der Waals surface area (Å²) in [5, 5.41) is 11.3. The molecule has 0 atom stereocenters. The van der Waals surface area contributed by atoms with Gasteiger partial charge in [-0.25, -0.2) is 4.68 Å². The molecular formula is C27H29N5O3. The Morgan fingerprint density at radius 3 is 2.26 bits per heavy atom. The van der Waals surface area contributed by atoms with E-state index in [4.69, 9.17) is 14.8 Å². The molecule has 0 unspecified atom stereocenters. The predicted molar refractivity (Wildman–Crippen MR) is 137 cm³/mol. The fraction of sp³-hybridized carbons (Fsp3) is 0.259. The molecule has 2 N–H and O–H groups in total. The smallest absolute Gasteiger partial charge is 0.224 e. The van der Waals surface area contributed by atoms with Gasteiger partial charge in [-0.2, -0.15) is 10.1 Å². The summed E-state index contributed by atoms with van der Waals surface area (Å²) in [7, 11) is 0. The van der Waals surface area contributed by atoms with E-state index in [1.807, 2.05) is 55.8 Å². The van der Waals surface area contributed by atoms with Crippen molar-refractivity contribution in [2.24, 2.45) is 0 Å². The second-order valence-corrected chi connectivity index (χ2v) is 8.29. The van der Waals surface area contributed by atoms with E-state index >= 15 is 0 Å². The normalized spacial score (nSPS) is 10.9. The Kier molecular flexibility index (Phi) is 7.10. The van der Waals surface area contributed by atoms with Gasteiger partial charge in [0, 0.05) is 35.7 Å². The van der Waals surface area contributed by atoms with Crippen molar-refractivity contribution in [1.82, 2.24) is 14.8 Å². The monoisotopic (exact) mass is 471 g/mol. The van der Waals surface area contributed by atoms with Crippen LogP contribution in [0, 0.1) is 13.8 Å². The molecule has 0 saturated carbocycles. The van der Waals surface area contributed by atoms with Crippen molar-refractivity contribution in [3.8, 4) is 11.6 Å². The number of amides is 2. The summed E-state index contributed by atoms with van der Waals surface area (Å²) in [4.78, 5) is 28.7. The number of anilines is 2. The number of rotatable bonds is 8. The molecule has 0 bridgehead atoms. The van der Waals surface area contributed by atoms with Crippen LogP contribution >= 0.6 is 0 Å². The zero-order chi connectivity index (χ0) is 24.9. The van der Waals surface area contributed by atoms with E-state index in [0.717, 1.165) is 33.5 Å². The van der Waals surface area contributed by atoms with Gasteiger partial charge in [0.1, 0.15) is 0 Å². The number of ether oxygens (including phenoxy) is 1. The number of nitrogens with one attached hydrogen (secondary N) is 2. The summed E-state index contributed by atoms with van der Waals surface area (Å²) in [6, 6.07) is 16.9. The number of carbonyl (C=O) groups is 2. The number of fused-ring (bicyclic) bond motifs is 1. The lowest BCUT2D eigenvalue weighted by Gasteiger charge is -2.14. The topological polar surface area (TPSA) is 98.1 Å². The number of nitrogens with zero attached hydrogens (tertiary/aromatic N) is 3. The van der Waals surface area contributed by atoms with Crippen LogP contribution in [0.25, 0.3) is 16.7 Å². The van der Waals surface area contributed by atoms with Crippen molar-refractivity contribution in [2.75, 3.05) is 17.2 Å². The van der Waals surface area contributed by atoms with E-state index in [0.29, 0.717) is 30.3 Å². The summed E-state index contributed by atoms with van der Waals surface area (Å²) in [6.07, 6.45) is 0.753. The fourth-order valence-corrected chi connectivity index (χ4v) is 4.13. The lowest BCUT2D eigenvalue weighted by Crippen LogP contribution is -2.14. The van der Waals surface area contributed by atoms with Gasteiger partial charge in [0.15, 0.2) is 5.65 Å². The maximum Gasteiger partial charge on any atom is 0.224 e. The number of aryl methyl sites for hydroxylation is 2. The number of aromatic nitrogens is 3. The Labute approximate surface area is 204 Å². The molecule has 2 aromatic carbocycles. The number of hydrogen-bond donors (Lipinski definition) is 2. The first-order chi connectivity index (χ1) is 16.9. The van der Waals surface area contributed by atoms with Crippen LogP contribution in [0.1, 0.15) is 37.1 Å². The summed E-state index contributed by atoms with van der Waals surface area (Å²) >= 11 is 0. The van der Waals surface area contributed by atoms with E-state index in [9.17, 15) is 9.59 Å². The molecule has 4 rings (SSSR count). The van der Waals surface area contributed by atoms with Gasteiger partial charge in [-0.05, 0) is 69.2 Å². The van der Waals surface area contributed by atoms with Gasteiger partial charge >= 0.3 is 0 Å². The lowest BCUT2D eigenvalue weighted by atomic mass is 10.0. The molecule has 0 aliphatic heterocycles. The van der Waals surface area contributed by atoms with Gasteiger partial charge in [0.25, 0.3) is 0 Å². The average molecular weight is 472 g/mol. The second-order valence-electron chi connectivity index (χ2n) is 8.29. The Hall–Kier alpha value is -4.20. The van der Waals surface area contributed by atoms with Gasteiger partial charge in [-0.1, -0.05) is 18.2 Å². The maximum atomic E-state index is 12.7. The minimum atomic E-state index is -0.141. The zero-order valence-corrected chi connectivity index (χ0v) is 20.4. The first-order valence-corrected chi connectivity index (χ1v) is 11.6. The highest BCUT2D eigenvalue weighted by atomic mass is 16.5. The Morgan fingerprint density at radius 1 is 0.971 bits per heavy atom. The SMILES string of the molecule is CCOc1nc2c(c(C)nn2-c2ccccc2)c(C)c1CCC(=O)Nc1ccc(NC(C)=O)cc1. The van der Waals surface area contributed by atoms with E-state index in [1.165, 1.54) is 6.92 Å². The van der Waals surface area contributed by atoms with E-state index < -0.39 is 0 Å². The molecule has 0 aliphatic carbocycles. The van der Waals surface area contributed by atoms with Crippen molar-refractivity contribution in [3.63, 3.8) is 0 Å². The van der Waals surface area contributed by atoms with Crippen molar-refractivity contribution in [1.29, 1.82) is 0 Å². The molecule has 0 saturated heterocycles. The summed E-state index contributed by atoms with van der Waals surface area (Å²) in [6.45, 7) is 7.84. The number of carbonyl (C=O) groups excluding carboxylic acids is 2. The molecule has 0 spiro atoms. The van der Waals surface area contributed by atoms with Crippen LogP contribution in [0.5, 0.6) is 5.88 Å².